The van der Waals surface area contributed by atoms with Crippen molar-refractivity contribution < 1.29 is 19.4 Å². The molecule has 1 amide bonds. The molecule has 1 saturated carbocycles. The highest BCUT2D eigenvalue weighted by Crippen LogP contribution is 2.22. The Morgan fingerprint density at radius 2 is 2.26 bits per heavy atom. The Balaban J connectivity index is 1.56. The molecule has 0 unspecified atom stereocenters. The van der Waals surface area contributed by atoms with Gasteiger partial charge in [0, 0.05) is 37.4 Å². The summed E-state index contributed by atoms with van der Waals surface area (Å²) in [5.74, 6) is 0.258. The zero-order valence-corrected chi connectivity index (χ0v) is 13.3. The van der Waals surface area contributed by atoms with Gasteiger partial charge in [-0.3, -0.25) is 4.79 Å². The quantitative estimate of drug-likeness (QED) is 0.862. The van der Waals surface area contributed by atoms with Crippen molar-refractivity contribution in [2.24, 2.45) is 0 Å². The Labute approximate surface area is 136 Å². The molecule has 1 aromatic rings. The number of amides is 1. The molecule has 6 heteroatoms. The van der Waals surface area contributed by atoms with Crippen LogP contribution in [0.15, 0.2) is 18.3 Å². The van der Waals surface area contributed by atoms with Crippen molar-refractivity contribution in [1.29, 1.82) is 0 Å². The molecular weight excluding hydrogens is 296 g/mol. The molecule has 1 aromatic heterocycles. The molecule has 23 heavy (non-hydrogen) atoms. The van der Waals surface area contributed by atoms with E-state index in [1.807, 2.05) is 0 Å². The van der Waals surface area contributed by atoms with E-state index in [9.17, 15) is 9.90 Å². The number of hydrogen-bond donors (Lipinski definition) is 2. The zero-order chi connectivity index (χ0) is 16.1. The van der Waals surface area contributed by atoms with Crippen molar-refractivity contribution in [1.82, 2.24) is 10.3 Å². The van der Waals surface area contributed by atoms with Crippen molar-refractivity contribution in [3.63, 3.8) is 0 Å². The van der Waals surface area contributed by atoms with Crippen LogP contribution in [0.25, 0.3) is 0 Å². The van der Waals surface area contributed by atoms with Gasteiger partial charge in [-0.1, -0.05) is 6.42 Å². The van der Waals surface area contributed by atoms with Gasteiger partial charge < -0.3 is 19.9 Å². The maximum atomic E-state index is 12.2. The topological polar surface area (TPSA) is 80.7 Å². The number of rotatable bonds is 5. The predicted molar refractivity (Wildman–Crippen MR) is 84.5 cm³/mol. The van der Waals surface area contributed by atoms with Gasteiger partial charge >= 0.3 is 0 Å². The molecule has 6 nitrogen and oxygen atoms in total. The van der Waals surface area contributed by atoms with Crippen LogP contribution in [0.1, 0.15) is 48.9 Å². The van der Waals surface area contributed by atoms with E-state index in [-0.39, 0.29) is 25.2 Å². The highest BCUT2D eigenvalue weighted by Gasteiger charge is 2.32. The first-order chi connectivity index (χ1) is 11.1. The monoisotopic (exact) mass is 320 g/mol. The minimum Gasteiger partial charge on any atom is -0.474 e. The van der Waals surface area contributed by atoms with Gasteiger partial charge in [-0.15, -0.1) is 0 Å². The number of pyridine rings is 1. The standard InChI is InChI=1S/C17H24N2O4/c20-16(19-11-17(21)7-9-22-12-17)13-6-8-18-15(10-13)23-14-4-2-1-3-5-14/h6,8,10,14,21H,1-5,7,9,11-12H2,(H,19,20)/t17-/m0/s1. The Morgan fingerprint density at radius 1 is 1.43 bits per heavy atom. The Kier molecular flexibility index (Phi) is 5.13. The molecule has 1 atom stereocenters. The van der Waals surface area contributed by atoms with Crippen LogP contribution >= 0.6 is 0 Å². The fraction of sp³-hybridized carbons (Fsp3) is 0.647. The first-order valence-corrected chi connectivity index (χ1v) is 8.36. The smallest absolute Gasteiger partial charge is 0.251 e. The van der Waals surface area contributed by atoms with E-state index in [0.717, 1.165) is 12.8 Å². The lowest BCUT2D eigenvalue weighted by molar-refractivity contribution is 0.0264. The minimum absolute atomic E-state index is 0.187. The van der Waals surface area contributed by atoms with E-state index in [4.69, 9.17) is 9.47 Å². The SMILES string of the molecule is O=C(NC[C@@]1(O)CCOC1)c1ccnc(OC2CCCCC2)c1. The summed E-state index contributed by atoms with van der Waals surface area (Å²) in [6.07, 6.45) is 8.06. The molecule has 2 N–H and O–H groups in total. The highest BCUT2D eigenvalue weighted by atomic mass is 16.5. The van der Waals surface area contributed by atoms with E-state index >= 15 is 0 Å². The number of carbonyl (C=O) groups excluding carboxylic acids is 1. The molecule has 1 aliphatic heterocycles. The normalized spacial score (nSPS) is 25.3. The van der Waals surface area contributed by atoms with Crippen LogP contribution in [-0.2, 0) is 4.74 Å². The molecule has 1 saturated heterocycles. The van der Waals surface area contributed by atoms with E-state index in [2.05, 4.69) is 10.3 Å². The lowest BCUT2D eigenvalue weighted by Crippen LogP contribution is -2.43. The third-order valence-corrected chi connectivity index (χ3v) is 4.50. The molecular formula is C17H24N2O4. The van der Waals surface area contributed by atoms with Gasteiger partial charge in [0.15, 0.2) is 0 Å². The highest BCUT2D eigenvalue weighted by molar-refractivity contribution is 5.94. The summed E-state index contributed by atoms with van der Waals surface area (Å²) in [4.78, 5) is 16.4. The number of nitrogens with zero attached hydrogens (tertiary/aromatic N) is 1. The number of aromatic nitrogens is 1. The number of carbonyl (C=O) groups is 1. The van der Waals surface area contributed by atoms with Crippen molar-refractivity contribution in [3.05, 3.63) is 23.9 Å². The van der Waals surface area contributed by atoms with Crippen LogP contribution in [0.2, 0.25) is 0 Å². The van der Waals surface area contributed by atoms with E-state index < -0.39 is 5.60 Å². The number of aliphatic hydroxyl groups is 1. The molecule has 2 aliphatic rings. The van der Waals surface area contributed by atoms with Gasteiger partial charge in [0.25, 0.3) is 5.91 Å². The number of nitrogens with one attached hydrogen (secondary N) is 1. The summed E-state index contributed by atoms with van der Waals surface area (Å²) in [5.41, 5.74) is -0.460. The first kappa shape index (κ1) is 16.2. The molecule has 2 heterocycles. The Hall–Kier alpha value is -1.66. The summed E-state index contributed by atoms with van der Waals surface area (Å²) in [6.45, 7) is 0.980. The third-order valence-electron chi connectivity index (χ3n) is 4.50. The molecule has 0 aromatic carbocycles. The van der Waals surface area contributed by atoms with Crippen LogP contribution in [0.3, 0.4) is 0 Å². The summed E-state index contributed by atoms with van der Waals surface area (Å²) >= 11 is 0. The number of ether oxygens (including phenoxy) is 2. The second kappa shape index (κ2) is 7.27. The average molecular weight is 320 g/mol. The molecule has 126 valence electrons. The third kappa shape index (κ3) is 4.42. The van der Waals surface area contributed by atoms with Crippen LogP contribution < -0.4 is 10.1 Å². The summed E-state index contributed by atoms with van der Waals surface area (Å²) < 4.78 is 11.1. The van der Waals surface area contributed by atoms with Gasteiger partial charge in [-0.2, -0.15) is 0 Å². The fourth-order valence-electron chi connectivity index (χ4n) is 3.05. The Bertz CT molecular complexity index is 537. The van der Waals surface area contributed by atoms with Gasteiger partial charge in [-0.05, 0) is 31.7 Å². The first-order valence-electron chi connectivity index (χ1n) is 8.36. The molecule has 3 rings (SSSR count). The van der Waals surface area contributed by atoms with Crippen molar-refractivity contribution in [3.8, 4) is 5.88 Å². The number of hydrogen-bond acceptors (Lipinski definition) is 5. The largest absolute Gasteiger partial charge is 0.474 e. The van der Waals surface area contributed by atoms with Crippen molar-refractivity contribution >= 4 is 5.91 Å². The lowest BCUT2D eigenvalue weighted by atomic mass is 9.98. The Morgan fingerprint density at radius 3 is 3.00 bits per heavy atom. The molecule has 2 fully saturated rings. The average Bonchev–Trinajstić information content (AvgIpc) is 3.01. The zero-order valence-electron chi connectivity index (χ0n) is 13.3. The van der Waals surface area contributed by atoms with E-state index in [1.54, 1.807) is 18.3 Å². The van der Waals surface area contributed by atoms with Gasteiger partial charge in [-0.25, -0.2) is 4.98 Å². The van der Waals surface area contributed by atoms with E-state index in [0.29, 0.717) is 24.5 Å². The molecule has 1 aliphatic carbocycles. The minimum atomic E-state index is -0.954. The summed E-state index contributed by atoms with van der Waals surface area (Å²) in [5, 5.41) is 12.9. The lowest BCUT2D eigenvalue weighted by Gasteiger charge is -2.22. The van der Waals surface area contributed by atoms with E-state index in [1.165, 1.54) is 19.3 Å². The summed E-state index contributed by atoms with van der Waals surface area (Å²) in [6, 6.07) is 3.32. The van der Waals surface area contributed by atoms with Gasteiger partial charge in [0.05, 0.1) is 6.61 Å². The van der Waals surface area contributed by atoms with Crippen LogP contribution in [-0.4, -0.2) is 47.5 Å². The maximum Gasteiger partial charge on any atom is 0.251 e. The molecule has 0 spiro atoms. The molecule has 0 radical (unpaired) electrons. The van der Waals surface area contributed by atoms with Crippen molar-refractivity contribution in [2.45, 2.75) is 50.2 Å². The second-order valence-electron chi connectivity index (χ2n) is 6.47. The predicted octanol–water partition coefficient (Wildman–Crippen LogP) is 1.67. The van der Waals surface area contributed by atoms with Crippen LogP contribution in [0.4, 0.5) is 0 Å². The van der Waals surface area contributed by atoms with Crippen molar-refractivity contribution in [2.75, 3.05) is 19.8 Å². The summed E-state index contributed by atoms with van der Waals surface area (Å²) in [7, 11) is 0. The van der Waals surface area contributed by atoms with Gasteiger partial charge in [0.2, 0.25) is 5.88 Å². The maximum absolute atomic E-state index is 12.2. The fourth-order valence-corrected chi connectivity index (χ4v) is 3.05. The van der Waals surface area contributed by atoms with Crippen LogP contribution in [0.5, 0.6) is 5.88 Å². The second-order valence-corrected chi connectivity index (χ2v) is 6.47. The van der Waals surface area contributed by atoms with Crippen LogP contribution in [0, 0.1) is 0 Å². The van der Waals surface area contributed by atoms with Gasteiger partial charge in [0.1, 0.15) is 11.7 Å². The molecule has 0 bridgehead atoms.